The first-order valence-electron chi connectivity index (χ1n) is 8.71. The van der Waals surface area contributed by atoms with Gasteiger partial charge in [0.05, 0.1) is 6.42 Å². The van der Waals surface area contributed by atoms with Crippen molar-refractivity contribution in [2.45, 2.75) is 32.7 Å². The van der Waals surface area contributed by atoms with E-state index >= 15 is 0 Å². The summed E-state index contributed by atoms with van der Waals surface area (Å²) >= 11 is 0. The van der Waals surface area contributed by atoms with Gasteiger partial charge in [-0.25, -0.2) is 0 Å². The number of nitrogens with zero attached hydrogens (tertiary/aromatic N) is 2. The third-order valence-corrected chi connectivity index (χ3v) is 5.05. The molecule has 128 valence electrons. The van der Waals surface area contributed by atoms with Gasteiger partial charge in [-0.15, -0.1) is 0 Å². The summed E-state index contributed by atoms with van der Waals surface area (Å²) in [6, 6.07) is 10.0. The molecule has 2 heterocycles. The van der Waals surface area contributed by atoms with Gasteiger partial charge in [-0.3, -0.25) is 14.5 Å². The van der Waals surface area contributed by atoms with Crippen LogP contribution in [0.2, 0.25) is 0 Å². The summed E-state index contributed by atoms with van der Waals surface area (Å²) in [5.41, 5.74) is 1.18. The Bertz CT molecular complexity index is 776. The number of para-hydroxylation sites is 1. The number of hydrogen-bond donors (Lipinski definition) is 1. The highest BCUT2D eigenvalue weighted by Gasteiger charge is 2.23. The van der Waals surface area contributed by atoms with E-state index in [1.54, 1.807) is 0 Å². The predicted molar refractivity (Wildman–Crippen MR) is 96.2 cm³/mol. The van der Waals surface area contributed by atoms with Crippen LogP contribution < -0.4 is 5.56 Å². The van der Waals surface area contributed by atoms with Gasteiger partial charge in [-0.2, -0.15) is 0 Å². The molecule has 3 rings (SSSR count). The molecule has 1 fully saturated rings. The number of benzene rings is 1. The lowest BCUT2D eigenvalue weighted by molar-refractivity contribution is -0.132. The average Bonchev–Trinajstić information content (AvgIpc) is 2.61. The Morgan fingerprint density at radius 1 is 1.21 bits per heavy atom. The van der Waals surface area contributed by atoms with Crippen molar-refractivity contribution in [2.24, 2.45) is 0 Å². The molecule has 5 heteroatoms. The van der Waals surface area contributed by atoms with Crippen LogP contribution in [0, 0.1) is 0 Å². The van der Waals surface area contributed by atoms with E-state index in [4.69, 9.17) is 0 Å². The second-order valence-corrected chi connectivity index (χ2v) is 6.56. The number of carbonyl (C=O) groups excluding carboxylic acids is 1. The Kier molecular flexibility index (Phi) is 5.00. The van der Waals surface area contributed by atoms with Crippen molar-refractivity contribution in [2.75, 3.05) is 26.2 Å². The van der Waals surface area contributed by atoms with Gasteiger partial charge in [0.2, 0.25) is 5.91 Å². The fraction of sp³-hybridized carbons (Fsp3) is 0.474. The molecular weight excluding hydrogens is 302 g/mol. The summed E-state index contributed by atoms with van der Waals surface area (Å²) in [7, 11) is 0. The maximum Gasteiger partial charge on any atom is 0.252 e. The Morgan fingerprint density at radius 2 is 1.92 bits per heavy atom. The maximum absolute atomic E-state index is 12.6. The lowest BCUT2D eigenvalue weighted by Crippen LogP contribution is -2.51. The summed E-state index contributed by atoms with van der Waals surface area (Å²) in [5.74, 6) is 0.0413. The average molecular weight is 327 g/mol. The fourth-order valence-corrected chi connectivity index (χ4v) is 3.27. The van der Waals surface area contributed by atoms with Gasteiger partial charge in [0, 0.05) is 43.3 Å². The number of pyridine rings is 1. The minimum Gasteiger partial charge on any atom is -0.340 e. The zero-order chi connectivity index (χ0) is 17.1. The van der Waals surface area contributed by atoms with Crippen molar-refractivity contribution in [3.05, 3.63) is 46.2 Å². The van der Waals surface area contributed by atoms with Crippen LogP contribution in [0.5, 0.6) is 0 Å². The van der Waals surface area contributed by atoms with E-state index in [0.717, 1.165) is 43.5 Å². The van der Waals surface area contributed by atoms with E-state index in [-0.39, 0.29) is 17.9 Å². The molecule has 1 aromatic heterocycles. The third-order valence-electron chi connectivity index (χ3n) is 5.05. The van der Waals surface area contributed by atoms with Gasteiger partial charge in [0.1, 0.15) is 0 Å². The number of amides is 1. The minimum absolute atomic E-state index is 0.0413. The highest BCUT2D eigenvalue weighted by atomic mass is 16.2. The number of piperazine rings is 1. The zero-order valence-electron chi connectivity index (χ0n) is 14.4. The van der Waals surface area contributed by atoms with Gasteiger partial charge in [0.25, 0.3) is 5.56 Å². The second kappa shape index (κ2) is 7.18. The van der Waals surface area contributed by atoms with Crippen molar-refractivity contribution in [1.82, 2.24) is 14.8 Å². The van der Waals surface area contributed by atoms with E-state index < -0.39 is 0 Å². The Hall–Kier alpha value is -2.14. The quantitative estimate of drug-likeness (QED) is 0.935. The standard InChI is InChI=1S/C19H25N3O2/c1-3-14(2)21-8-10-22(11-9-21)18(23)13-16-12-15-6-4-5-7-17(15)20-19(16)24/h4-7,12,14H,3,8-11,13H2,1-2H3,(H,20,24). The molecule has 0 bridgehead atoms. The number of fused-ring (bicyclic) bond motifs is 1. The maximum atomic E-state index is 12.6. The highest BCUT2D eigenvalue weighted by molar-refractivity contribution is 5.82. The Morgan fingerprint density at radius 3 is 2.62 bits per heavy atom. The molecule has 0 saturated carbocycles. The molecule has 5 nitrogen and oxygen atoms in total. The van der Waals surface area contributed by atoms with E-state index in [2.05, 4.69) is 23.7 Å². The number of aromatic nitrogens is 1. The van der Waals surface area contributed by atoms with Gasteiger partial charge < -0.3 is 9.88 Å². The van der Waals surface area contributed by atoms with Crippen LogP contribution in [-0.4, -0.2) is 52.9 Å². The molecule has 1 aliphatic rings. The Balaban J connectivity index is 1.67. The van der Waals surface area contributed by atoms with Crippen molar-refractivity contribution in [1.29, 1.82) is 0 Å². The molecule has 1 N–H and O–H groups in total. The van der Waals surface area contributed by atoms with E-state index in [1.807, 2.05) is 35.2 Å². The van der Waals surface area contributed by atoms with Crippen LogP contribution in [-0.2, 0) is 11.2 Å². The fourth-order valence-electron chi connectivity index (χ4n) is 3.27. The van der Waals surface area contributed by atoms with Crippen LogP contribution in [0.4, 0.5) is 0 Å². The number of nitrogens with one attached hydrogen (secondary N) is 1. The number of hydrogen-bond acceptors (Lipinski definition) is 3. The molecule has 0 aliphatic carbocycles. The van der Waals surface area contributed by atoms with Crippen molar-refractivity contribution in [3.63, 3.8) is 0 Å². The monoisotopic (exact) mass is 327 g/mol. The number of aromatic amines is 1. The van der Waals surface area contributed by atoms with Crippen LogP contribution in [0.25, 0.3) is 10.9 Å². The molecule has 1 amide bonds. The van der Waals surface area contributed by atoms with Crippen molar-refractivity contribution >= 4 is 16.8 Å². The van der Waals surface area contributed by atoms with Gasteiger partial charge in [-0.1, -0.05) is 25.1 Å². The first-order chi connectivity index (χ1) is 11.6. The lowest BCUT2D eigenvalue weighted by atomic mass is 10.1. The molecule has 24 heavy (non-hydrogen) atoms. The highest BCUT2D eigenvalue weighted by Crippen LogP contribution is 2.13. The molecule has 1 aliphatic heterocycles. The van der Waals surface area contributed by atoms with E-state index in [9.17, 15) is 9.59 Å². The molecule has 1 saturated heterocycles. The molecule has 1 atom stereocenters. The first-order valence-corrected chi connectivity index (χ1v) is 8.71. The first kappa shape index (κ1) is 16.7. The van der Waals surface area contributed by atoms with Crippen LogP contribution in [0.1, 0.15) is 25.8 Å². The van der Waals surface area contributed by atoms with Crippen molar-refractivity contribution < 1.29 is 4.79 Å². The van der Waals surface area contributed by atoms with Crippen LogP contribution in [0.15, 0.2) is 35.1 Å². The zero-order valence-corrected chi connectivity index (χ0v) is 14.4. The molecular formula is C19H25N3O2. The topological polar surface area (TPSA) is 56.4 Å². The predicted octanol–water partition coefficient (Wildman–Crippen LogP) is 2.01. The molecule has 2 aromatic rings. The van der Waals surface area contributed by atoms with Gasteiger partial charge in [0.15, 0.2) is 0 Å². The summed E-state index contributed by atoms with van der Waals surface area (Å²) in [5, 5.41) is 0.960. The van der Waals surface area contributed by atoms with E-state index in [0.29, 0.717) is 11.6 Å². The normalized spacial score (nSPS) is 17.2. The Labute approximate surface area is 142 Å². The van der Waals surface area contributed by atoms with Gasteiger partial charge in [-0.05, 0) is 30.9 Å². The SMILES string of the molecule is CCC(C)N1CCN(C(=O)Cc2cc3ccccc3[nH]c2=O)CC1. The summed E-state index contributed by atoms with van der Waals surface area (Å²) in [6.07, 6.45) is 1.30. The smallest absolute Gasteiger partial charge is 0.252 e. The van der Waals surface area contributed by atoms with Crippen LogP contribution >= 0.6 is 0 Å². The number of H-pyrrole nitrogens is 1. The molecule has 1 unspecified atom stereocenters. The molecule has 1 aromatic carbocycles. The molecule has 0 radical (unpaired) electrons. The number of carbonyl (C=O) groups is 1. The number of rotatable bonds is 4. The minimum atomic E-state index is -0.166. The summed E-state index contributed by atoms with van der Waals surface area (Å²) < 4.78 is 0. The van der Waals surface area contributed by atoms with E-state index in [1.165, 1.54) is 0 Å². The summed E-state index contributed by atoms with van der Waals surface area (Å²) in [4.78, 5) is 31.9. The van der Waals surface area contributed by atoms with Gasteiger partial charge >= 0.3 is 0 Å². The third kappa shape index (κ3) is 3.51. The largest absolute Gasteiger partial charge is 0.340 e. The van der Waals surface area contributed by atoms with Crippen LogP contribution in [0.3, 0.4) is 0 Å². The van der Waals surface area contributed by atoms with Crippen molar-refractivity contribution in [3.8, 4) is 0 Å². The summed E-state index contributed by atoms with van der Waals surface area (Å²) in [6.45, 7) is 7.73. The molecule has 0 spiro atoms. The lowest BCUT2D eigenvalue weighted by Gasteiger charge is -2.37. The second-order valence-electron chi connectivity index (χ2n) is 6.56.